The molecule has 0 aliphatic carbocycles. The van der Waals surface area contributed by atoms with E-state index in [1.807, 2.05) is 6.92 Å². The molecule has 1 aliphatic rings. The molecule has 2 heterocycles. The van der Waals surface area contributed by atoms with Gasteiger partial charge in [-0.1, -0.05) is 13.8 Å². The lowest BCUT2D eigenvalue weighted by atomic mass is 9.76. The molecule has 1 aliphatic heterocycles. The predicted octanol–water partition coefficient (Wildman–Crippen LogP) is 3.93. The second-order valence-corrected chi connectivity index (χ2v) is 6.63. The predicted molar refractivity (Wildman–Crippen MR) is 80.1 cm³/mol. The minimum Gasteiger partial charge on any atom is -0.382 e. The van der Waals surface area contributed by atoms with Crippen LogP contribution in [-0.4, -0.2) is 11.0 Å². The molecule has 0 radical (unpaired) electrons. The van der Waals surface area contributed by atoms with E-state index in [4.69, 9.17) is 0 Å². The molecule has 118 valence electrons. The van der Waals surface area contributed by atoms with Crippen LogP contribution in [0.1, 0.15) is 31.9 Å². The van der Waals surface area contributed by atoms with E-state index < -0.39 is 17.3 Å². The number of H-pyrrole nitrogens is 1. The Morgan fingerprint density at radius 2 is 1.91 bits per heavy atom. The number of hydrogen-bond donors (Lipinski definition) is 2. The third kappa shape index (κ3) is 2.36. The summed E-state index contributed by atoms with van der Waals surface area (Å²) < 4.78 is 39.5. The summed E-state index contributed by atoms with van der Waals surface area (Å²) in [6, 6.07) is 3.96. The summed E-state index contributed by atoms with van der Waals surface area (Å²) >= 11 is 0. The van der Waals surface area contributed by atoms with Crippen LogP contribution in [0.5, 0.6) is 0 Å². The van der Waals surface area contributed by atoms with Crippen molar-refractivity contribution in [3.05, 3.63) is 39.7 Å². The van der Waals surface area contributed by atoms with Gasteiger partial charge >= 0.3 is 6.18 Å². The maximum Gasteiger partial charge on any atom is 0.417 e. The maximum absolute atomic E-state index is 13.2. The Morgan fingerprint density at radius 1 is 1.23 bits per heavy atom. The first-order chi connectivity index (χ1) is 10.1. The molecular formula is C16H17F3N2O. The van der Waals surface area contributed by atoms with Gasteiger partial charge in [0.25, 0.3) is 0 Å². The SMILES string of the molecule is C[C@H]1Nc2cc3[nH]c(=O)cc(C(F)(F)F)c3cc2CC1(C)C. The molecule has 1 aromatic carbocycles. The van der Waals surface area contributed by atoms with Crippen LogP contribution in [0, 0.1) is 5.41 Å². The Morgan fingerprint density at radius 3 is 2.55 bits per heavy atom. The molecule has 0 saturated heterocycles. The van der Waals surface area contributed by atoms with E-state index in [1.165, 1.54) is 0 Å². The zero-order chi connectivity index (χ0) is 16.3. The summed E-state index contributed by atoms with van der Waals surface area (Å²) in [5.74, 6) is 0. The summed E-state index contributed by atoms with van der Waals surface area (Å²) in [5.41, 5.74) is 0.149. The topological polar surface area (TPSA) is 44.9 Å². The van der Waals surface area contributed by atoms with Crippen molar-refractivity contribution in [2.24, 2.45) is 5.41 Å². The molecule has 1 atom stereocenters. The van der Waals surface area contributed by atoms with E-state index in [9.17, 15) is 18.0 Å². The van der Waals surface area contributed by atoms with Gasteiger partial charge in [0.2, 0.25) is 5.56 Å². The number of fused-ring (bicyclic) bond motifs is 2. The fourth-order valence-corrected chi connectivity index (χ4v) is 2.94. The highest BCUT2D eigenvalue weighted by Crippen LogP contribution is 2.40. The number of aromatic nitrogens is 1. The lowest BCUT2D eigenvalue weighted by Gasteiger charge is -2.39. The van der Waals surface area contributed by atoms with E-state index in [1.54, 1.807) is 12.1 Å². The standard InChI is InChI=1S/C16H17F3N2O/c1-8-15(2,3)7-9-4-10-11(16(17,18)19)5-14(22)21-13(10)6-12(9)20-8/h4-6,8,20H,7H2,1-3H3,(H,21,22)/t8-/m1/s1. The van der Waals surface area contributed by atoms with Crippen LogP contribution in [0.4, 0.5) is 18.9 Å². The lowest BCUT2D eigenvalue weighted by molar-refractivity contribution is -0.136. The molecule has 22 heavy (non-hydrogen) atoms. The third-order valence-corrected chi connectivity index (χ3v) is 4.56. The number of alkyl halides is 3. The Balaban J connectivity index is 2.29. The van der Waals surface area contributed by atoms with Crippen molar-refractivity contribution in [2.75, 3.05) is 5.32 Å². The van der Waals surface area contributed by atoms with E-state index in [2.05, 4.69) is 24.1 Å². The van der Waals surface area contributed by atoms with Gasteiger partial charge in [0.05, 0.1) is 11.1 Å². The molecule has 2 aromatic rings. The molecule has 0 fully saturated rings. The van der Waals surface area contributed by atoms with E-state index in [0.717, 1.165) is 11.3 Å². The molecule has 2 N–H and O–H groups in total. The zero-order valence-electron chi connectivity index (χ0n) is 12.6. The second kappa shape index (κ2) is 4.51. The Bertz CT molecular complexity index is 805. The molecular weight excluding hydrogens is 293 g/mol. The molecule has 0 amide bonds. The summed E-state index contributed by atoms with van der Waals surface area (Å²) in [5, 5.41) is 3.36. The van der Waals surface area contributed by atoms with Crippen molar-refractivity contribution >= 4 is 16.6 Å². The van der Waals surface area contributed by atoms with Gasteiger partial charge in [0.15, 0.2) is 0 Å². The number of halogens is 3. The molecule has 1 aromatic heterocycles. The van der Waals surface area contributed by atoms with Gasteiger partial charge in [0.1, 0.15) is 0 Å². The van der Waals surface area contributed by atoms with Gasteiger partial charge in [-0.25, -0.2) is 0 Å². The quantitative estimate of drug-likeness (QED) is 0.774. The van der Waals surface area contributed by atoms with E-state index in [0.29, 0.717) is 12.5 Å². The highest BCUT2D eigenvalue weighted by molar-refractivity contribution is 5.87. The van der Waals surface area contributed by atoms with Crippen molar-refractivity contribution in [3.8, 4) is 0 Å². The van der Waals surface area contributed by atoms with Crippen molar-refractivity contribution in [2.45, 2.75) is 39.4 Å². The number of benzene rings is 1. The zero-order valence-corrected chi connectivity index (χ0v) is 12.6. The maximum atomic E-state index is 13.2. The number of anilines is 1. The molecule has 3 rings (SSSR count). The van der Waals surface area contributed by atoms with Crippen LogP contribution < -0.4 is 10.9 Å². The first-order valence-corrected chi connectivity index (χ1v) is 7.11. The van der Waals surface area contributed by atoms with Gasteiger partial charge in [-0.2, -0.15) is 13.2 Å². The summed E-state index contributed by atoms with van der Waals surface area (Å²) in [6.07, 6.45) is -3.87. The monoisotopic (exact) mass is 310 g/mol. The van der Waals surface area contributed by atoms with E-state index in [-0.39, 0.29) is 22.4 Å². The van der Waals surface area contributed by atoms with Crippen LogP contribution >= 0.6 is 0 Å². The first kappa shape index (κ1) is 14.9. The molecule has 0 saturated carbocycles. The number of hydrogen-bond acceptors (Lipinski definition) is 2. The highest BCUT2D eigenvalue weighted by atomic mass is 19.4. The van der Waals surface area contributed by atoms with Crippen molar-refractivity contribution in [3.63, 3.8) is 0 Å². The minimum atomic E-state index is -4.55. The summed E-state index contributed by atoms with van der Waals surface area (Å²) in [7, 11) is 0. The average Bonchev–Trinajstić information content (AvgIpc) is 2.36. The fraction of sp³-hybridized carbons (Fsp3) is 0.438. The Hall–Kier alpha value is -1.98. The normalized spacial score (nSPS) is 20.5. The van der Waals surface area contributed by atoms with E-state index >= 15 is 0 Å². The van der Waals surface area contributed by atoms with Crippen LogP contribution in [0.25, 0.3) is 10.9 Å². The molecule has 0 spiro atoms. The summed E-state index contributed by atoms with van der Waals surface area (Å²) in [6.45, 7) is 6.20. The van der Waals surface area contributed by atoms with Gasteiger partial charge in [-0.15, -0.1) is 0 Å². The first-order valence-electron chi connectivity index (χ1n) is 7.11. The van der Waals surface area contributed by atoms with Crippen molar-refractivity contribution < 1.29 is 13.2 Å². The molecule has 3 nitrogen and oxygen atoms in total. The number of rotatable bonds is 0. The fourth-order valence-electron chi connectivity index (χ4n) is 2.94. The molecule has 6 heteroatoms. The van der Waals surface area contributed by atoms with Gasteiger partial charge < -0.3 is 10.3 Å². The smallest absolute Gasteiger partial charge is 0.382 e. The van der Waals surface area contributed by atoms with Crippen molar-refractivity contribution in [1.82, 2.24) is 4.98 Å². The lowest BCUT2D eigenvalue weighted by Crippen LogP contribution is -2.39. The van der Waals surface area contributed by atoms with Crippen LogP contribution in [-0.2, 0) is 12.6 Å². The minimum absolute atomic E-state index is 0.0398. The second-order valence-electron chi connectivity index (χ2n) is 6.63. The Labute approximate surface area is 125 Å². The van der Waals surface area contributed by atoms with Gasteiger partial charge in [-0.3, -0.25) is 4.79 Å². The highest BCUT2D eigenvalue weighted by Gasteiger charge is 2.35. The van der Waals surface area contributed by atoms with Crippen LogP contribution in [0.2, 0.25) is 0 Å². The van der Waals surface area contributed by atoms with Crippen LogP contribution in [0.3, 0.4) is 0 Å². The van der Waals surface area contributed by atoms with Gasteiger partial charge in [-0.05, 0) is 36.5 Å². The largest absolute Gasteiger partial charge is 0.417 e. The van der Waals surface area contributed by atoms with Crippen molar-refractivity contribution in [1.29, 1.82) is 0 Å². The molecule has 0 bridgehead atoms. The molecule has 0 unspecified atom stereocenters. The Kier molecular flexibility index (Phi) is 3.06. The average molecular weight is 310 g/mol. The number of aromatic amines is 1. The third-order valence-electron chi connectivity index (χ3n) is 4.56. The number of pyridine rings is 1. The number of nitrogens with one attached hydrogen (secondary N) is 2. The summed E-state index contributed by atoms with van der Waals surface area (Å²) in [4.78, 5) is 14.0. The van der Waals surface area contributed by atoms with Gasteiger partial charge in [0, 0.05) is 23.2 Å². The van der Waals surface area contributed by atoms with Crippen LogP contribution in [0.15, 0.2) is 23.0 Å².